The van der Waals surface area contributed by atoms with Gasteiger partial charge in [0.2, 0.25) is 11.8 Å². The van der Waals surface area contributed by atoms with Crippen LogP contribution in [0, 0.1) is 5.82 Å². The molecule has 2 amide bonds. The van der Waals surface area contributed by atoms with E-state index < -0.39 is 11.7 Å². The molecule has 1 aromatic heterocycles. The summed E-state index contributed by atoms with van der Waals surface area (Å²) in [4.78, 5) is 28.8. The van der Waals surface area contributed by atoms with Crippen LogP contribution < -0.4 is 10.6 Å². The lowest BCUT2D eigenvalue weighted by molar-refractivity contribution is -0.127. The van der Waals surface area contributed by atoms with E-state index in [4.69, 9.17) is 0 Å². The zero-order valence-electron chi connectivity index (χ0n) is 13.0. The number of amides is 2. The molecular weight excluding hydrogens is 311 g/mol. The lowest BCUT2D eigenvalue weighted by atomic mass is 9.89. The molecule has 0 aliphatic carbocycles. The Labute approximate surface area is 138 Å². The fourth-order valence-electron chi connectivity index (χ4n) is 3.46. The van der Waals surface area contributed by atoms with Gasteiger partial charge in [-0.1, -0.05) is 6.07 Å². The van der Waals surface area contributed by atoms with Crippen molar-refractivity contribution >= 4 is 17.5 Å². The number of aromatic nitrogens is 2. The predicted octanol–water partition coefficient (Wildman–Crippen LogP) is 1.58. The Morgan fingerprint density at radius 1 is 1.42 bits per heavy atom. The third-order valence-electron chi connectivity index (χ3n) is 4.65. The van der Waals surface area contributed by atoms with E-state index in [0.29, 0.717) is 17.8 Å². The second-order valence-electron chi connectivity index (χ2n) is 6.28. The Morgan fingerprint density at radius 2 is 2.29 bits per heavy atom. The standard InChI is InChI=1S/C17H17FN4O2/c18-10-1-3-12-13(8-16(23)21-14(12)7-10)17(24)20-11-2-4-15-19-5-6-22(15)9-11/h1,3,5-7,11,13H,2,4,8-9H2,(H,20,24)(H,21,23). The van der Waals surface area contributed by atoms with E-state index in [9.17, 15) is 14.0 Å². The SMILES string of the molecule is O=C1CC(C(=O)NC2CCc3nccn3C2)c2ccc(F)cc2N1. The van der Waals surface area contributed by atoms with Crippen molar-refractivity contribution in [2.75, 3.05) is 5.32 Å². The number of imidazole rings is 1. The van der Waals surface area contributed by atoms with Crippen LogP contribution >= 0.6 is 0 Å². The number of hydrogen-bond donors (Lipinski definition) is 2. The summed E-state index contributed by atoms with van der Waals surface area (Å²) in [5.74, 6) is -0.452. The highest BCUT2D eigenvalue weighted by Gasteiger charge is 2.32. The summed E-state index contributed by atoms with van der Waals surface area (Å²) in [6.45, 7) is 0.677. The van der Waals surface area contributed by atoms with Crippen molar-refractivity contribution in [1.82, 2.24) is 14.9 Å². The van der Waals surface area contributed by atoms with Crippen LogP contribution in [-0.4, -0.2) is 27.4 Å². The molecule has 0 saturated heterocycles. The second-order valence-corrected chi connectivity index (χ2v) is 6.28. The summed E-state index contributed by atoms with van der Waals surface area (Å²) < 4.78 is 15.4. The number of carbonyl (C=O) groups excluding carboxylic acids is 2. The minimum Gasteiger partial charge on any atom is -0.351 e. The third-order valence-corrected chi connectivity index (χ3v) is 4.65. The molecule has 2 atom stereocenters. The molecular formula is C17H17FN4O2. The molecule has 24 heavy (non-hydrogen) atoms. The summed E-state index contributed by atoms with van der Waals surface area (Å²) in [6, 6.07) is 4.15. The van der Waals surface area contributed by atoms with E-state index >= 15 is 0 Å². The van der Waals surface area contributed by atoms with Gasteiger partial charge in [0, 0.05) is 43.5 Å². The highest BCUT2D eigenvalue weighted by Crippen LogP contribution is 2.33. The van der Waals surface area contributed by atoms with Gasteiger partial charge in [0.25, 0.3) is 0 Å². The van der Waals surface area contributed by atoms with Gasteiger partial charge in [-0.15, -0.1) is 0 Å². The van der Waals surface area contributed by atoms with E-state index in [2.05, 4.69) is 15.6 Å². The largest absolute Gasteiger partial charge is 0.351 e. The number of carbonyl (C=O) groups is 2. The Hall–Kier alpha value is -2.70. The van der Waals surface area contributed by atoms with E-state index in [-0.39, 0.29) is 24.3 Å². The summed E-state index contributed by atoms with van der Waals surface area (Å²) >= 11 is 0. The Kier molecular flexibility index (Phi) is 3.55. The second kappa shape index (κ2) is 5.74. The maximum absolute atomic E-state index is 13.4. The summed E-state index contributed by atoms with van der Waals surface area (Å²) in [6.07, 6.45) is 5.37. The van der Waals surface area contributed by atoms with Crippen LogP contribution in [0.3, 0.4) is 0 Å². The smallest absolute Gasteiger partial charge is 0.228 e. The maximum Gasteiger partial charge on any atom is 0.228 e. The Morgan fingerprint density at radius 3 is 3.17 bits per heavy atom. The van der Waals surface area contributed by atoms with Crippen LogP contribution in [-0.2, 0) is 22.6 Å². The topological polar surface area (TPSA) is 76.0 Å². The summed E-state index contributed by atoms with van der Waals surface area (Å²) in [5.41, 5.74) is 1.04. The fourth-order valence-corrected chi connectivity index (χ4v) is 3.46. The lowest BCUT2D eigenvalue weighted by Gasteiger charge is -2.29. The zero-order chi connectivity index (χ0) is 16.7. The number of nitrogens with one attached hydrogen (secondary N) is 2. The van der Waals surface area contributed by atoms with Crippen LogP contribution in [0.15, 0.2) is 30.6 Å². The highest BCUT2D eigenvalue weighted by molar-refractivity contribution is 6.01. The molecule has 6 nitrogen and oxygen atoms in total. The van der Waals surface area contributed by atoms with Gasteiger partial charge in [-0.2, -0.15) is 0 Å². The summed E-state index contributed by atoms with van der Waals surface area (Å²) in [7, 11) is 0. The molecule has 2 unspecified atom stereocenters. The third kappa shape index (κ3) is 2.66. The molecule has 2 aliphatic rings. The van der Waals surface area contributed by atoms with E-state index in [1.807, 2.05) is 10.8 Å². The van der Waals surface area contributed by atoms with Crippen molar-refractivity contribution in [2.45, 2.75) is 37.8 Å². The van der Waals surface area contributed by atoms with Crippen molar-refractivity contribution in [1.29, 1.82) is 0 Å². The van der Waals surface area contributed by atoms with Crippen LogP contribution in [0.25, 0.3) is 0 Å². The van der Waals surface area contributed by atoms with E-state index in [1.54, 1.807) is 12.3 Å². The van der Waals surface area contributed by atoms with Crippen molar-refractivity contribution in [3.05, 3.63) is 47.8 Å². The normalized spacial score (nSPS) is 22.3. The molecule has 4 rings (SSSR count). The van der Waals surface area contributed by atoms with Gasteiger partial charge in [0.15, 0.2) is 0 Å². The fraction of sp³-hybridized carbons (Fsp3) is 0.353. The number of hydrogen-bond acceptors (Lipinski definition) is 3. The molecule has 0 radical (unpaired) electrons. The molecule has 1 aromatic carbocycles. The van der Waals surface area contributed by atoms with Gasteiger partial charge in [0.05, 0.1) is 5.92 Å². The van der Waals surface area contributed by atoms with Gasteiger partial charge in [0.1, 0.15) is 11.6 Å². The van der Waals surface area contributed by atoms with Crippen LogP contribution in [0.2, 0.25) is 0 Å². The highest BCUT2D eigenvalue weighted by atomic mass is 19.1. The predicted molar refractivity (Wildman–Crippen MR) is 84.9 cm³/mol. The number of anilines is 1. The van der Waals surface area contributed by atoms with Gasteiger partial charge >= 0.3 is 0 Å². The van der Waals surface area contributed by atoms with Crippen molar-refractivity contribution in [3.8, 4) is 0 Å². The molecule has 2 aromatic rings. The minimum absolute atomic E-state index is 0.00749. The average Bonchev–Trinajstić information content (AvgIpc) is 3.01. The molecule has 2 N–H and O–H groups in total. The minimum atomic E-state index is -0.585. The number of rotatable bonds is 2. The number of fused-ring (bicyclic) bond motifs is 2. The molecule has 0 bridgehead atoms. The molecule has 2 aliphatic heterocycles. The molecule has 0 spiro atoms. The monoisotopic (exact) mass is 328 g/mol. The van der Waals surface area contributed by atoms with Crippen LogP contribution in [0.5, 0.6) is 0 Å². The molecule has 3 heterocycles. The average molecular weight is 328 g/mol. The van der Waals surface area contributed by atoms with Gasteiger partial charge in [-0.05, 0) is 24.1 Å². The van der Waals surface area contributed by atoms with Crippen LogP contribution in [0.1, 0.15) is 30.1 Å². The van der Waals surface area contributed by atoms with Gasteiger partial charge in [-0.25, -0.2) is 9.37 Å². The first-order valence-electron chi connectivity index (χ1n) is 8.00. The van der Waals surface area contributed by atoms with Crippen molar-refractivity contribution < 1.29 is 14.0 Å². The number of aryl methyl sites for hydroxylation is 1. The van der Waals surface area contributed by atoms with Crippen molar-refractivity contribution in [3.63, 3.8) is 0 Å². The lowest BCUT2D eigenvalue weighted by Crippen LogP contribution is -2.44. The molecule has 0 saturated carbocycles. The number of nitrogens with zero attached hydrogens (tertiary/aromatic N) is 2. The van der Waals surface area contributed by atoms with Crippen molar-refractivity contribution in [2.24, 2.45) is 0 Å². The first-order valence-corrected chi connectivity index (χ1v) is 8.00. The summed E-state index contributed by atoms with van der Waals surface area (Å²) in [5, 5.41) is 5.66. The Balaban J connectivity index is 1.52. The quantitative estimate of drug-likeness (QED) is 0.879. The molecule has 7 heteroatoms. The number of halogens is 1. The van der Waals surface area contributed by atoms with E-state index in [0.717, 1.165) is 18.7 Å². The van der Waals surface area contributed by atoms with Crippen LogP contribution in [0.4, 0.5) is 10.1 Å². The first-order chi connectivity index (χ1) is 11.6. The maximum atomic E-state index is 13.4. The zero-order valence-corrected chi connectivity index (χ0v) is 13.0. The van der Waals surface area contributed by atoms with Gasteiger partial charge in [-0.3, -0.25) is 9.59 Å². The van der Waals surface area contributed by atoms with Gasteiger partial charge < -0.3 is 15.2 Å². The Bertz CT molecular complexity index is 817. The van der Waals surface area contributed by atoms with E-state index in [1.165, 1.54) is 12.1 Å². The first kappa shape index (κ1) is 14.9. The molecule has 0 fully saturated rings. The molecule has 124 valence electrons. The number of benzene rings is 1.